The Labute approximate surface area is 185 Å². The third kappa shape index (κ3) is 4.99. The molecule has 0 radical (unpaired) electrons. The summed E-state index contributed by atoms with van der Waals surface area (Å²) in [5.74, 6) is -0.0337. The fourth-order valence-corrected chi connectivity index (χ4v) is 4.18. The number of aliphatic hydroxyl groups is 1. The molecule has 1 fully saturated rings. The summed E-state index contributed by atoms with van der Waals surface area (Å²) in [5, 5.41) is 20.1. The minimum absolute atomic E-state index is 0.115. The first kappa shape index (κ1) is 21.6. The van der Waals surface area contributed by atoms with Gasteiger partial charge in [0.15, 0.2) is 5.76 Å². The van der Waals surface area contributed by atoms with Crippen molar-refractivity contribution in [3.8, 4) is 5.75 Å². The maximum atomic E-state index is 11.9. The van der Waals surface area contributed by atoms with Crippen LogP contribution in [0.2, 0.25) is 5.02 Å². The molecule has 0 saturated carbocycles. The van der Waals surface area contributed by atoms with E-state index in [9.17, 15) is 15.0 Å². The van der Waals surface area contributed by atoms with E-state index >= 15 is 0 Å². The molecule has 0 aliphatic carbocycles. The van der Waals surface area contributed by atoms with E-state index in [2.05, 4.69) is 34.1 Å². The molecule has 1 aliphatic heterocycles. The summed E-state index contributed by atoms with van der Waals surface area (Å²) < 4.78 is 5.50. The van der Waals surface area contributed by atoms with E-state index in [4.69, 9.17) is 16.0 Å². The lowest BCUT2D eigenvalue weighted by molar-refractivity contribution is 0.0967. The average molecular weight is 441 g/mol. The highest BCUT2D eigenvalue weighted by Crippen LogP contribution is 2.30. The average Bonchev–Trinajstić information content (AvgIpc) is 2.80. The highest BCUT2D eigenvalue weighted by Gasteiger charge is 2.27. The molecule has 2 aromatic carbocycles. The fourth-order valence-electron chi connectivity index (χ4n) is 4.05. The van der Waals surface area contributed by atoms with Gasteiger partial charge in [-0.15, -0.1) is 0 Å². The summed E-state index contributed by atoms with van der Waals surface area (Å²) in [6.45, 7) is 3.07. The third-order valence-electron chi connectivity index (χ3n) is 5.64. The summed E-state index contributed by atoms with van der Waals surface area (Å²) >= 11 is 6.10. The topological polar surface area (TPSA) is 77.2 Å². The van der Waals surface area contributed by atoms with Crippen LogP contribution in [0.1, 0.15) is 28.7 Å². The molecule has 1 unspecified atom stereocenters. The smallest absolute Gasteiger partial charge is 0.227 e. The molecule has 31 heavy (non-hydrogen) atoms. The number of aromatic hydroxyl groups is 1. The van der Waals surface area contributed by atoms with Crippen molar-refractivity contribution < 1.29 is 14.6 Å². The van der Waals surface area contributed by atoms with Crippen molar-refractivity contribution in [2.24, 2.45) is 0 Å². The van der Waals surface area contributed by atoms with Gasteiger partial charge in [0.25, 0.3) is 0 Å². The maximum absolute atomic E-state index is 11.9. The molecule has 3 aromatic rings. The van der Waals surface area contributed by atoms with E-state index in [1.54, 1.807) is 0 Å². The van der Waals surface area contributed by atoms with Crippen molar-refractivity contribution in [3.63, 3.8) is 0 Å². The summed E-state index contributed by atoms with van der Waals surface area (Å²) in [6, 6.07) is 19.6. The van der Waals surface area contributed by atoms with Gasteiger partial charge in [0.1, 0.15) is 12.4 Å². The van der Waals surface area contributed by atoms with Crippen LogP contribution in [0.4, 0.5) is 0 Å². The lowest BCUT2D eigenvalue weighted by atomic mass is 9.96. The van der Waals surface area contributed by atoms with Crippen LogP contribution in [0, 0.1) is 0 Å². The van der Waals surface area contributed by atoms with Crippen LogP contribution in [-0.2, 0) is 13.2 Å². The van der Waals surface area contributed by atoms with Crippen LogP contribution in [0.25, 0.3) is 0 Å². The molecule has 7 heteroatoms. The number of hydrogen-bond donors (Lipinski definition) is 2. The molecular weight excluding hydrogens is 416 g/mol. The van der Waals surface area contributed by atoms with Crippen LogP contribution in [0.3, 0.4) is 0 Å². The second-order valence-electron chi connectivity index (χ2n) is 7.68. The molecule has 0 bridgehead atoms. The van der Waals surface area contributed by atoms with Crippen LogP contribution < -0.4 is 5.43 Å². The first-order chi connectivity index (χ1) is 15.0. The molecule has 1 atom stereocenters. The Bertz CT molecular complexity index is 1060. The van der Waals surface area contributed by atoms with Gasteiger partial charge in [0.2, 0.25) is 11.2 Å². The van der Waals surface area contributed by atoms with Gasteiger partial charge < -0.3 is 14.6 Å². The van der Waals surface area contributed by atoms with E-state index in [-0.39, 0.29) is 29.9 Å². The fraction of sp³-hybridized carbons (Fsp3) is 0.292. The number of benzene rings is 2. The van der Waals surface area contributed by atoms with Gasteiger partial charge in [-0.2, -0.15) is 0 Å². The second kappa shape index (κ2) is 9.66. The number of halogens is 1. The zero-order valence-corrected chi connectivity index (χ0v) is 17.8. The molecule has 1 saturated heterocycles. The Morgan fingerprint density at radius 3 is 2.26 bits per heavy atom. The van der Waals surface area contributed by atoms with Gasteiger partial charge in [-0.1, -0.05) is 54.1 Å². The Morgan fingerprint density at radius 1 is 0.968 bits per heavy atom. The molecule has 162 valence electrons. The van der Waals surface area contributed by atoms with Crippen molar-refractivity contribution >= 4 is 11.6 Å². The Hall–Kier alpha value is -2.64. The molecule has 2 N–H and O–H groups in total. The third-order valence-corrected chi connectivity index (χ3v) is 5.89. The molecule has 4 rings (SSSR count). The van der Waals surface area contributed by atoms with Crippen LogP contribution in [0.5, 0.6) is 5.75 Å². The lowest BCUT2D eigenvalue weighted by Crippen LogP contribution is -2.47. The quantitative estimate of drug-likeness (QED) is 0.611. The predicted molar refractivity (Wildman–Crippen MR) is 119 cm³/mol. The number of hydrogen-bond acceptors (Lipinski definition) is 6. The monoisotopic (exact) mass is 440 g/mol. The van der Waals surface area contributed by atoms with Gasteiger partial charge >= 0.3 is 0 Å². The minimum atomic E-state index is -0.532. The normalized spacial score (nSPS) is 16.3. The van der Waals surface area contributed by atoms with Crippen molar-refractivity contribution in [3.05, 3.63) is 98.6 Å². The van der Waals surface area contributed by atoms with Crippen molar-refractivity contribution in [1.29, 1.82) is 0 Å². The van der Waals surface area contributed by atoms with Gasteiger partial charge in [0, 0.05) is 37.3 Å². The Balaban J connectivity index is 1.50. The van der Waals surface area contributed by atoms with E-state index in [0.29, 0.717) is 11.6 Å². The molecule has 6 nitrogen and oxygen atoms in total. The highest BCUT2D eigenvalue weighted by molar-refractivity contribution is 6.30. The summed E-state index contributed by atoms with van der Waals surface area (Å²) in [4.78, 5) is 16.4. The van der Waals surface area contributed by atoms with Crippen molar-refractivity contribution in [2.75, 3.05) is 26.2 Å². The summed E-state index contributed by atoms with van der Waals surface area (Å²) in [7, 11) is 0. The molecule has 1 aliphatic rings. The van der Waals surface area contributed by atoms with Gasteiger partial charge in [0.05, 0.1) is 12.6 Å². The number of rotatable bonds is 6. The standard InChI is InChI=1S/C24H25ClN2O4/c25-19-8-6-18(7-9-19)23(17-4-2-1-3-5-17)27-12-10-26(11-13-27)15-22-24(30)21(29)14-20(16-28)31-22/h1-9,14,23,28,30H,10-13,15-16H2. The highest BCUT2D eigenvalue weighted by atomic mass is 35.5. The first-order valence-electron chi connectivity index (χ1n) is 10.3. The SMILES string of the molecule is O=c1cc(CO)oc(CN2CCN(C(c3ccccc3)c3ccc(Cl)cc3)CC2)c1O. The second-order valence-corrected chi connectivity index (χ2v) is 8.12. The van der Waals surface area contributed by atoms with Crippen LogP contribution >= 0.6 is 11.6 Å². The number of piperazine rings is 1. The Kier molecular flexibility index (Phi) is 6.73. The minimum Gasteiger partial charge on any atom is -0.502 e. The zero-order chi connectivity index (χ0) is 21.8. The first-order valence-corrected chi connectivity index (χ1v) is 10.7. The maximum Gasteiger partial charge on any atom is 0.227 e. The number of aliphatic hydroxyl groups excluding tert-OH is 1. The number of nitrogens with zero attached hydrogens (tertiary/aromatic N) is 2. The molecular formula is C24H25ClN2O4. The molecule has 0 amide bonds. The van der Waals surface area contributed by atoms with Crippen LogP contribution in [0.15, 0.2) is 69.9 Å². The van der Waals surface area contributed by atoms with Crippen LogP contribution in [-0.4, -0.2) is 46.2 Å². The largest absolute Gasteiger partial charge is 0.502 e. The lowest BCUT2D eigenvalue weighted by Gasteiger charge is -2.39. The zero-order valence-electron chi connectivity index (χ0n) is 17.1. The molecule has 0 spiro atoms. The summed E-state index contributed by atoms with van der Waals surface area (Å²) in [5.41, 5.74) is 1.87. The van der Waals surface area contributed by atoms with Gasteiger partial charge in [-0.05, 0) is 23.3 Å². The van der Waals surface area contributed by atoms with Crippen molar-refractivity contribution in [2.45, 2.75) is 19.2 Å². The molecule has 2 heterocycles. The predicted octanol–water partition coefficient (Wildman–Crippen LogP) is 3.40. The van der Waals surface area contributed by atoms with E-state index in [0.717, 1.165) is 32.2 Å². The van der Waals surface area contributed by atoms with E-state index in [1.807, 2.05) is 30.3 Å². The molecule has 1 aromatic heterocycles. The Morgan fingerprint density at radius 2 is 1.61 bits per heavy atom. The van der Waals surface area contributed by atoms with Crippen molar-refractivity contribution in [1.82, 2.24) is 9.80 Å². The van der Waals surface area contributed by atoms with E-state index in [1.165, 1.54) is 11.1 Å². The van der Waals surface area contributed by atoms with Gasteiger partial charge in [-0.25, -0.2) is 0 Å². The summed E-state index contributed by atoms with van der Waals surface area (Å²) in [6.07, 6.45) is 0. The van der Waals surface area contributed by atoms with E-state index < -0.39 is 5.43 Å². The van der Waals surface area contributed by atoms with Gasteiger partial charge in [-0.3, -0.25) is 14.6 Å².